The Morgan fingerprint density at radius 1 is 1.06 bits per heavy atom. The first-order valence-electron chi connectivity index (χ1n) is 6.67. The van der Waals surface area contributed by atoms with Crippen LogP contribution in [0.2, 0.25) is 0 Å². The lowest BCUT2D eigenvalue weighted by Gasteiger charge is -2.17. The maximum absolute atomic E-state index is 3.60. The average Bonchev–Trinajstić information content (AvgIpc) is 2.39. The van der Waals surface area contributed by atoms with E-state index in [4.69, 9.17) is 0 Å². The molecule has 2 rings (SSSR count). The number of nitrogens with one attached hydrogen (secondary N) is 1. The molecule has 2 heteroatoms. The molecule has 0 amide bonds. The summed E-state index contributed by atoms with van der Waals surface area (Å²) in [7, 11) is 0. The molecule has 0 aromatic heterocycles. The second-order valence-corrected chi connectivity index (χ2v) is 5.58. The monoisotopic (exact) mass is 305 g/mol. The van der Waals surface area contributed by atoms with E-state index >= 15 is 0 Å². The first kappa shape index (κ1) is 13.6. The van der Waals surface area contributed by atoms with Crippen molar-refractivity contribution in [2.75, 3.05) is 6.54 Å². The average molecular weight is 306 g/mol. The summed E-state index contributed by atoms with van der Waals surface area (Å²) in [6.07, 6.45) is 2.30. The van der Waals surface area contributed by atoms with Crippen LogP contribution in [0, 0.1) is 0 Å². The lowest BCUT2D eigenvalue weighted by Crippen LogP contribution is -2.21. The number of hydrogen-bond donors (Lipinski definition) is 1. The van der Waals surface area contributed by atoms with Crippen LogP contribution in [0.1, 0.15) is 38.3 Å². The molecule has 0 aliphatic heterocycles. The number of benzene rings is 2. The molecule has 0 spiro atoms. The quantitative estimate of drug-likeness (QED) is 0.815. The van der Waals surface area contributed by atoms with Crippen LogP contribution >= 0.6 is 15.9 Å². The summed E-state index contributed by atoms with van der Waals surface area (Å²) < 4.78 is 1.14. The fourth-order valence-electron chi connectivity index (χ4n) is 2.27. The van der Waals surface area contributed by atoms with Gasteiger partial charge in [-0.05, 0) is 53.9 Å². The van der Waals surface area contributed by atoms with Crippen LogP contribution in [-0.4, -0.2) is 6.54 Å². The van der Waals surface area contributed by atoms with Crippen molar-refractivity contribution in [3.8, 4) is 0 Å². The van der Waals surface area contributed by atoms with Crippen molar-refractivity contribution in [2.24, 2.45) is 0 Å². The molecule has 0 fully saturated rings. The summed E-state index contributed by atoms with van der Waals surface area (Å²) in [6, 6.07) is 13.7. The van der Waals surface area contributed by atoms with E-state index in [9.17, 15) is 0 Å². The van der Waals surface area contributed by atoms with E-state index in [-0.39, 0.29) is 0 Å². The van der Waals surface area contributed by atoms with Gasteiger partial charge in [-0.25, -0.2) is 0 Å². The summed E-state index contributed by atoms with van der Waals surface area (Å²) in [4.78, 5) is 0. The zero-order valence-corrected chi connectivity index (χ0v) is 12.6. The van der Waals surface area contributed by atoms with Gasteiger partial charge in [-0.1, -0.05) is 48.0 Å². The molecule has 1 nitrogen and oxygen atoms in total. The maximum Gasteiger partial charge on any atom is 0.0317 e. The molecule has 1 atom stereocenters. The van der Waals surface area contributed by atoms with E-state index in [2.05, 4.69) is 71.5 Å². The van der Waals surface area contributed by atoms with Crippen molar-refractivity contribution in [1.82, 2.24) is 5.32 Å². The van der Waals surface area contributed by atoms with E-state index in [0.29, 0.717) is 6.04 Å². The van der Waals surface area contributed by atoms with E-state index in [1.807, 2.05) is 0 Å². The van der Waals surface area contributed by atoms with Gasteiger partial charge in [0, 0.05) is 10.5 Å². The Labute approximate surface area is 118 Å². The van der Waals surface area contributed by atoms with Crippen LogP contribution < -0.4 is 5.32 Å². The molecule has 2 aromatic rings. The molecule has 0 saturated heterocycles. The maximum atomic E-state index is 3.60. The van der Waals surface area contributed by atoms with Gasteiger partial charge in [-0.15, -0.1) is 0 Å². The SMILES string of the molecule is CCCNC(CC)c1ccc2cc(Br)ccc2c1. The summed E-state index contributed by atoms with van der Waals surface area (Å²) in [5.74, 6) is 0. The summed E-state index contributed by atoms with van der Waals surface area (Å²) in [5.41, 5.74) is 1.39. The molecular weight excluding hydrogens is 286 g/mol. The van der Waals surface area contributed by atoms with Crippen LogP contribution in [0.25, 0.3) is 10.8 Å². The molecule has 0 saturated carbocycles. The van der Waals surface area contributed by atoms with Gasteiger partial charge in [-0.3, -0.25) is 0 Å². The van der Waals surface area contributed by atoms with Crippen LogP contribution in [-0.2, 0) is 0 Å². The highest BCUT2D eigenvalue weighted by Crippen LogP contribution is 2.24. The predicted octanol–water partition coefficient (Wildman–Crippen LogP) is 5.05. The highest BCUT2D eigenvalue weighted by molar-refractivity contribution is 9.10. The minimum atomic E-state index is 0.470. The molecule has 1 N–H and O–H groups in total. The van der Waals surface area contributed by atoms with Crippen LogP contribution in [0.15, 0.2) is 40.9 Å². The zero-order chi connectivity index (χ0) is 13.0. The molecule has 96 valence electrons. The third kappa shape index (κ3) is 3.12. The molecular formula is C16H20BrN. The Kier molecular flexibility index (Phi) is 4.79. The molecule has 0 radical (unpaired) electrons. The Morgan fingerprint density at radius 2 is 1.78 bits per heavy atom. The Balaban J connectivity index is 2.30. The van der Waals surface area contributed by atoms with Gasteiger partial charge < -0.3 is 5.32 Å². The van der Waals surface area contributed by atoms with Gasteiger partial charge in [0.2, 0.25) is 0 Å². The molecule has 0 aliphatic rings. The third-order valence-electron chi connectivity index (χ3n) is 3.28. The molecule has 0 heterocycles. The first-order chi connectivity index (χ1) is 8.74. The van der Waals surface area contributed by atoms with Gasteiger partial charge in [0.05, 0.1) is 0 Å². The van der Waals surface area contributed by atoms with Crippen LogP contribution in [0.5, 0.6) is 0 Å². The van der Waals surface area contributed by atoms with E-state index < -0.39 is 0 Å². The predicted molar refractivity (Wildman–Crippen MR) is 83.0 cm³/mol. The summed E-state index contributed by atoms with van der Waals surface area (Å²) in [6.45, 7) is 5.52. The minimum absolute atomic E-state index is 0.470. The van der Waals surface area contributed by atoms with Crippen molar-refractivity contribution in [3.05, 3.63) is 46.4 Å². The number of fused-ring (bicyclic) bond motifs is 1. The van der Waals surface area contributed by atoms with Crippen LogP contribution in [0.4, 0.5) is 0 Å². The molecule has 0 bridgehead atoms. The zero-order valence-electron chi connectivity index (χ0n) is 11.0. The second-order valence-electron chi connectivity index (χ2n) is 4.67. The minimum Gasteiger partial charge on any atom is -0.310 e. The summed E-state index contributed by atoms with van der Waals surface area (Å²) >= 11 is 3.52. The number of halogens is 1. The van der Waals surface area contributed by atoms with Gasteiger partial charge in [-0.2, -0.15) is 0 Å². The second kappa shape index (κ2) is 6.35. The molecule has 0 aliphatic carbocycles. The number of hydrogen-bond acceptors (Lipinski definition) is 1. The molecule has 1 unspecified atom stereocenters. The van der Waals surface area contributed by atoms with Gasteiger partial charge in [0.25, 0.3) is 0 Å². The van der Waals surface area contributed by atoms with Crippen molar-refractivity contribution >= 4 is 26.7 Å². The topological polar surface area (TPSA) is 12.0 Å². The van der Waals surface area contributed by atoms with E-state index in [0.717, 1.165) is 17.4 Å². The number of rotatable bonds is 5. The van der Waals surface area contributed by atoms with Crippen molar-refractivity contribution in [2.45, 2.75) is 32.7 Å². The van der Waals surface area contributed by atoms with Crippen molar-refractivity contribution in [1.29, 1.82) is 0 Å². The lowest BCUT2D eigenvalue weighted by molar-refractivity contribution is 0.519. The summed E-state index contributed by atoms with van der Waals surface area (Å²) in [5, 5.41) is 6.20. The first-order valence-corrected chi connectivity index (χ1v) is 7.46. The molecule has 18 heavy (non-hydrogen) atoms. The third-order valence-corrected chi connectivity index (χ3v) is 3.77. The Hall–Kier alpha value is -0.860. The van der Waals surface area contributed by atoms with Crippen molar-refractivity contribution < 1.29 is 0 Å². The van der Waals surface area contributed by atoms with Crippen molar-refractivity contribution in [3.63, 3.8) is 0 Å². The van der Waals surface area contributed by atoms with Gasteiger partial charge in [0.15, 0.2) is 0 Å². The largest absolute Gasteiger partial charge is 0.310 e. The highest BCUT2D eigenvalue weighted by atomic mass is 79.9. The standard InChI is InChI=1S/C16H20BrN/c1-3-9-18-16(4-2)14-6-5-13-11-15(17)8-7-12(13)10-14/h5-8,10-11,16,18H,3-4,9H2,1-2H3. The fraction of sp³-hybridized carbons (Fsp3) is 0.375. The normalized spacial score (nSPS) is 12.8. The van der Waals surface area contributed by atoms with Gasteiger partial charge in [0.1, 0.15) is 0 Å². The van der Waals surface area contributed by atoms with E-state index in [1.54, 1.807) is 0 Å². The fourth-order valence-corrected chi connectivity index (χ4v) is 2.65. The smallest absolute Gasteiger partial charge is 0.0317 e. The van der Waals surface area contributed by atoms with E-state index in [1.165, 1.54) is 22.8 Å². The lowest BCUT2D eigenvalue weighted by atomic mass is 10.00. The van der Waals surface area contributed by atoms with Gasteiger partial charge >= 0.3 is 0 Å². The Bertz CT molecular complexity index is 521. The Morgan fingerprint density at radius 3 is 2.50 bits per heavy atom. The molecule has 2 aromatic carbocycles. The van der Waals surface area contributed by atoms with Crippen LogP contribution in [0.3, 0.4) is 0 Å². The highest BCUT2D eigenvalue weighted by Gasteiger charge is 2.08.